The van der Waals surface area contributed by atoms with Crippen LogP contribution in [0.3, 0.4) is 0 Å². The summed E-state index contributed by atoms with van der Waals surface area (Å²) < 4.78 is 12.5. The predicted octanol–water partition coefficient (Wildman–Crippen LogP) is 5.02. The van der Waals surface area contributed by atoms with Crippen LogP contribution in [0.15, 0.2) is 77.6 Å². The van der Waals surface area contributed by atoms with Crippen LogP contribution in [0, 0.1) is 0 Å². The number of hydrogen-bond donors (Lipinski definition) is 1. The Morgan fingerprint density at radius 2 is 1.60 bits per heavy atom. The van der Waals surface area contributed by atoms with Crippen LogP contribution in [0.5, 0.6) is 11.5 Å². The van der Waals surface area contributed by atoms with Gasteiger partial charge in [-0.25, -0.2) is 9.78 Å². The van der Waals surface area contributed by atoms with Crippen molar-refractivity contribution in [3.63, 3.8) is 0 Å². The number of urea groups is 1. The van der Waals surface area contributed by atoms with E-state index in [2.05, 4.69) is 5.32 Å². The summed E-state index contributed by atoms with van der Waals surface area (Å²) in [5, 5.41) is 3.39. The Morgan fingerprint density at radius 1 is 0.971 bits per heavy atom. The number of ether oxygens (including phenoxy) is 2. The lowest BCUT2D eigenvalue weighted by molar-refractivity contribution is 0.198. The van der Waals surface area contributed by atoms with E-state index in [0.717, 1.165) is 0 Å². The molecule has 3 aromatic carbocycles. The second-order valence-electron chi connectivity index (χ2n) is 7.96. The van der Waals surface area contributed by atoms with Crippen LogP contribution in [-0.2, 0) is 0 Å². The van der Waals surface area contributed by atoms with Crippen molar-refractivity contribution >= 4 is 22.6 Å². The quantitative estimate of drug-likeness (QED) is 0.408. The van der Waals surface area contributed by atoms with Gasteiger partial charge in [-0.05, 0) is 42.8 Å². The number of rotatable bonds is 7. The summed E-state index contributed by atoms with van der Waals surface area (Å²) in [5.41, 5.74) is 1.45. The van der Waals surface area contributed by atoms with Crippen LogP contribution in [0.2, 0.25) is 0 Å². The van der Waals surface area contributed by atoms with E-state index < -0.39 is 6.04 Å². The van der Waals surface area contributed by atoms with E-state index in [1.54, 1.807) is 61.1 Å². The summed E-state index contributed by atoms with van der Waals surface area (Å²) >= 11 is 0. The highest BCUT2D eigenvalue weighted by atomic mass is 16.5. The first-order valence-corrected chi connectivity index (χ1v) is 11.3. The molecule has 0 aliphatic heterocycles. The molecule has 180 valence electrons. The Balaban J connectivity index is 1.85. The Labute approximate surface area is 203 Å². The minimum absolute atomic E-state index is 0.230. The molecule has 8 heteroatoms. The Hall–Kier alpha value is -4.33. The molecule has 1 aromatic heterocycles. The SMILES string of the molecule is CCC(c1nc2ccccc2c(=O)n1-c1ccccc1OC)N(C)C(=O)Nc1ccccc1OC. The molecule has 0 radical (unpaired) electrons. The largest absolute Gasteiger partial charge is 0.495 e. The van der Waals surface area contributed by atoms with Crippen molar-refractivity contribution in [2.45, 2.75) is 19.4 Å². The van der Waals surface area contributed by atoms with E-state index in [4.69, 9.17) is 14.5 Å². The fourth-order valence-corrected chi connectivity index (χ4v) is 4.14. The van der Waals surface area contributed by atoms with Crippen LogP contribution in [0.4, 0.5) is 10.5 Å². The van der Waals surface area contributed by atoms with Gasteiger partial charge in [0.1, 0.15) is 17.3 Å². The number of carbonyl (C=O) groups is 1. The molecule has 4 aromatic rings. The zero-order chi connectivity index (χ0) is 24.9. The highest BCUT2D eigenvalue weighted by Gasteiger charge is 2.27. The van der Waals surface area contributed by atoms with Crippen molar-refractivity contribution in [2.24, 2.45) is 0 Å². The molecule has 0 saturated heterocycles. The van der Waals surface area contributed by atoms with Gasteiger partial charge in [0.15, 0.2) is 0 Å². The number of hydrogen-bond acceptors (Lipinski definition) is 5. The van der Waals surface area contributed by atoms with Crippen LogP contribution in [0.1, 0.15) is 25.2 Å². The lowest BCUT2D eigenvalue weighted by atomic mass is 10.1. The third-order valence-electron chi connectivity index (χ3n) is 5.95. The molecule has 8 nitrogen and oxygen atoms in total. The van der Waals surface area contributed by atoms with Crippen molar-refractivity contribution in [1.82, 2.24) is 14.5 Å². The fraction of sp³-hybridized carbons (Fsp3) is 0.222. The maximum atomic E-state index is 13.7. The standard InChI is InChI=1S/C27H28N4O4/c1-5-21(30(2)27(33)29-20-14-8-10-16-23(20)34-3)25-28-19-13-7-6-12-18(19)26(32)31(25)22-15-9-11-17-24(22)35-4/h6-17,21H,5H2,1-4H3,(H,29,33). The first-order valence-electron chi connectivity index (χ1n) is 11.3. The molecular formula is C27H28N4O4. The second kappa shape index (κ2) is 10.3. The number of para-hydroxylation sites is 5. The third-order valence-corrected chi connectivity index (χ3v) is 5.95. The first kappa shape index (κ1) is 23.8. The number of benzene rings is 3. The first-order chi connectivity index (χ1) is 17.0. The monoisotopic (exact) mass is 472 g/mol. The van der Waals surface area contributed by atoms with Gasteiger partial charge >= 0.3 is 6.03 Å². The van der Waals surface area contributed by atoms with Gasteiger partial charge in [0.2, 0.25) is 0 Å². The van der Waals surface area contributed by atoms with E-state index >= 15 is 0 Å². The summed E-state index contributed by atoms with van der Waals surface area (Å²) in [6.45, 7) is 1.95. The number of aromatic nitrogens is 2. The number of methoxy groups -OCH3 is 2. The molecule has 0 aliphatic carbocycles. The minimum Gasteiger partial charge on any atom is -0.495 e. The number of nitrogens with one attached hydrogen (secondary N) is 1. The Kier molecular flexibility index (Phi) is 7.01. The highest BCUT2D eigenvalue weighted by Crippen LogP contribution is 2.30. The summed E-state index contributed by atoms with van der Waals surface area (Å²) in [6, 6.07) is 20.8. The molecule has 0 aliphatic rings. The van der Waals surface area contributed by atoms with Crippen LogP contribution < -0.4 is 20.3 Å². The van der Waals surface area contributed by atoms with Crippen molar-refractivity contribution in [1.29, 1.82) is 0 Å². The maximum Gasteiger partial charge on any atom is 0.322 e. The molecular weight excluding hydrogens is 444 g/mol. The van der Waals surface area contributed by atoms with E-state index in [9.17, 15) is 9.59 Å². The lowest BCUT2D eigenvalue weighted by Crippen LogP contribution is -2.38. The number of carbonyl (C=O) groups excluding carboxylic acids is 1. The van der Waals surface area contributed by atoms with Crippen LogP contribution in [0.25, 0.3) is 16.6 Å². The third kappa shape index (κ3) is 4.55. The zero-order valence-electron chi connectivity index (χ0n) is 20.2. The summed E-state index contributed by atoms with van der Waals surface area (Å²) in [5.74, 6) is 1.53. The Bertz CT molecular complexity index is 1420. The molecule has 2 amide bonds. The van der Waals surface area contributed by atoms with Crippen molar-refractivity contribution in [2.75, 3.05) is 26.6 Å². The van der Waals surface area contributed by atoms with Gasteiger partial charge in [-0.3, -0.25) is 9.36 Å². The summed E-state index contributed by atoms with van der Waals surface area (Å²) in [4.78, 5) is 33.4. The van der Waals surface area contributed by atoms with Gasteiger partial charge < -0.3 is 19.7 Å². The highest BCUT2D eigenvalue weighted by molar-refractivity contribution is 5.91. The summed E-state index contributed by atoms with van der Waals surface area (Å²) in [7, 11) is 4.80. The smallest absolute Gasteiger partial charge is 0.322 e. The van der Waals surface area contributed by atoms with Crippen molar-refractivity contribution in [3.05, 3.63) is 89.0 Å². The number of amides is 2. The molecule has 1 N–H and O–H groups in total. The van der Waals surface area contributed by atoms with Crippen molar-refractivity contribution < 1.29 is 14.3 Å². The van der Waals surface area contributed by atoms with E-state index in [1.807, 2.05) is 49.4 Å². The van der Waals surface area contributed by atoms with Gasteiger partial charge in [-0.1, -0.05) is 43.3 Å². The molecule has 0 saturated carbocycles. The van der Waals surface area contributed by atoms with Gasteiger partial charge in [0, 0.05) is 7.05 Å². The lowest BCUT2D eigenvalue weighted by Gasteiger charge is -2.29. The van der Waals surface area contributed by atoms with Crippen LogP contribution in [-0.4, -0.2) is 41.7 Å². The molecule has 0 spiro atoms. The maximum absolute atomic E-state index is 13.7. The zero-order valence-corrected chi connectivity index (χ0v) is 20.2. The predicted molar refractivity (Wildman–Crippen MR) is 137 cm³/mol. The number of fused-ring (bicyclic) bond motifs is 1. The average Bonchev–Trinajstić information content (AvgIpc) is 2.89. The van der Waals surface area contributed by atoms with Gasteiger partial charge in [0.25, 0.3) is 5.56 Å². The fourth-order valence-electron chi connectivity index (χ4n) is 4.14. The average molecular weight is 473 g/mol. The normalized spacial score (nSPS) is 11.7. The minimum atomic E-state index is -0.507. The summed E-state index contributed by atoms with van der Waals surface area (Å²) in [6.07, 6.45) is 0.524. The van der Waals surface area contributed by atoms with Gasteiger partial charge in [-0.2, -0.15) is 0 Å². The molecule has 4 rings (SSSR count). The molecule has 1 heterocycles. The molecule has 0 fully saturated rings. The molecule has 35 heavy (non-hydrogen) atoms. The number of nitrogens with zero attached hydrogens (tertiary/aromatic N) is 3. The van der Waals surface area contributed by atoms with Gasteiger partial charge in [-0.15, -0.1) is 0 Å². The Morgan fingerprint density at radius 3 is 2.31 bits per heavy atom. The molecule has 0 bridgehead atoms. The van der Waals surface area contributed by atoms with Gasteiger partial charge in [0.05, 0.1) is 42.5 Å². The van der Waals surface area contributed by atoms with E-state index in [1.165, 1.54) is 0 Å². The second-order valence-corrected chi connectivity index (χ2v) is 7.96. The number of anilines is 1. The van der Waals surface area contributed by atoms with E-state index in [0.29, 0.717) is 46.0 Å². The molecule has 1 unspecified atom stereocenters. The van der Waals surface area contributed by atoms with E-state index in [-0.39, 0.29) is 11.6 Å². The molecule has 1 atom stereocenters. The topological polar surface area (TPSA) is 85.7 Å². The van der Waals surface area contributed by atoms with Crippen LogP contribution >= 0.6 is 0 Å². The van der Waals surface area contributed by atoms with Crippen molar-refractivity contribution in [3.8, 4) is 17.2 Å².